The van der Waals surface area contributed by atoms with Crippen molar-refractivity contribution in [2.75, 3.05) is 11.2 Å². The first-order valence-electron chi connectivity index (χ1n) is 4.63. The lowest BCUT2D eigenvalue weighted by Gasteiger charge is -2.14. The molecule has 0 bridgehead atoms. The summed E-state index contributed by atoms with van der Waals surface area (Å²) in [6.45, 7) is 0. The van der Waals surface area contributed by atoms with Gasteiger partial charge in [0.1, 0.15) is 0 Å². The Morgan fingerprint density at radius 2 is 2.12 bits per heavy atom. The van der Waals surface area contributed by atoms with Crippen LogP contribution in [0.1, 0.15) is 0 Å². The number of aromatic nitrogens is 4. The van der Waals surface area contributed by atoms with Crippen LogP contribution in [-0.2, 0) is 4.79 Å². The summed E-state index contributed by atoms with van der Waals surface area (Å²) in [7, 11) is 0. The fourth-order valence-corrected chi connectivity index (χ4v) is 2.12. The number of fused-ring (bicyclic) bond motifs is 1. The van der Waals surface area contributed by atoms with Gasteiger partial charge in [-0.3, -0.25) is 15.2 Å². The second kappa shape index (κ2) is 3.60. The molecule has 2 aromatic rings. The summed E-state index contributed by atoms with van der Waals surface area (Å²) in [6.07, 6.45) is 3.35. The Kier molecular flexibility index (Phi) is 2.10. The summed E-state index contributed by atoms with van der Waals surface area (Å²) in [5.74, 6) is 0.958. The van der Waals surface area contributed by atoms with Crippen molar-refractivity contribution >= 4 is 17.7 Å². The molecule has 0 saturated heterocycles. The average Bonchev–Trinajstić information content (AvgIpc) is 2.73. The topological polar surface area (TPSA) is 72.7 Å². The van der Waals surface area contributed by atoms with Crippen LogP contribution < -0.4 is 5.43 Å². The third-order valence-corrected chi connectivity index (χ3v) is 3.07. The Morgan fingerprint density at radius 1 is 1.31 bits per heavy atom. The van der Waals surface area contributed by atoms with Crippen molar-refractivity contribution < 1.29 is 4.79 Å². The van der Waals surface area contributed by atoms with E-state index in [9.17, 15) is 4.79 Å². The molecule has 1 amide bonds. The molecule has 6 nitrogen and oxygen atoms in total. The number of carbonyl (C=O) groups is 1. The molecule has 0 atom stereocenters. The van der Waals surface area contributed by atoms with Crippen LogP contribution in [0.15, 0.2) is 29.7 Å². The van der Waals surface area contributed by atoms with E-state index in [0.29, 0.717) is 16.7 Å². The normalized spacial score (nSPS) is 14.4. The molecular weight excluding hydrogens is 226 g/mol. The molecule has 7 heteroatoms. The van der Waals surface area contributed by atoms with Gasteiger partial charge in [-0.1, -0.05) is 11.8 Å². The van der Waals surface area contributed by atoms with E-state index in [1.807, 2.05) is 12.1 Å². The minimum absolute atomic E-state index is 0.0485. The molecule has 16 heavy (non-hydrogen) atoms. The van der Waals surface area contributed by atoms with Crippen molar-refractivity contribution in [3.8, 4) is 11.4 Å². The summed E-state index contributed by atoms with van der Waals surface area (Å²) in [4.78, 5) is 15.2. The van der Waals surface area contributed by atoms with Gasteiger partial charge in [-0.05, 0) is 12.1 Å². The number of rotatable bonds is 1. The van der Waals surface area contributed by atoms with Gasteiger partial charge in [-0.2, -0.15) is 0 Å². The highest BCUT2D eigenvalue weighted by atomic mass is 32.2. The van der Waals surface area contributed by atoms with Crippen LogP contribution in [0.25, 0.3) is 11.4 Å². The zero-order valence-corrected chi connectivity index (χ0v) is 8.94. The Bertz CT molecular complexity index is 538. The molecule has 0 fully saturated rings. The minimum Gasteiger partial charge on any atom is -0.272 e. The molecule has 3 rings (SSSR count). The minimum atomic E-state index is -0.0485. The molecule has 0 aromatic carbocycles. The Morgan fingerprint density at radius 3 is 2.94 bits per heavy atom. The maximum atomic E-state index is 11.3. The lowest BCUT2D eigenvalue weighted by Crippen LogP contribution is -2.29. The number of nitrogens with zero attached hydrogens (tertiary/aromatic N) is 4. The van der Waals surface area contributed by atoms with E-state index < -0.39 is 0 Å². The number of pyridine rings is 1. The molecule has 1 N–H and O–H groups in total. The van der Waals surface area contributed by atoms with Gasteiger partial charge >= 0.3 is 0 Å². The molecule has 0 spiro atoms. The van der Waals surface area contributed by atoms with E-state index in [4.69, 9.17) is 0 Å². The maximum absolute atomic E-state index is 11.3. The predicted octanol–water partition coefficient (Wildman–Crippen LogP) is 0.516. The predicted molar refractivity (Wildman–Crippen MR) is 58.3 cm³/mol. The zero-order valence-electron chi connectivity index (χ0n) is 8.12. The Balaban J connectivity index is 2.10. The molecule has 80 valence electrons. The van der Waals surface area contributed by atoms with Crippen molar-refractivity contribution in [3.05, 3.63) is 24.5 Å². The van der Waals surface area contributed by atoms with Crippen molar-refractivity contribution in [1.29, 1.82) is 0 Å². The monoisotopic (exact) mass is 233 g/mol. The Hall–Kier alpha value is -1.89. The van der Waals surface area contributed by atoms with Crippen LogP contribution in [0, 0.1) is 0 Å². The first-order valence-corrected chi connectivity index (χ1v) is 5.61. The van der Waals surface area contributed by atoms with Crippen LogP contribution in [0.4, 0.5) is 0 Å². The van der Waals surface area contributed by atoms with Crippen molar-refractivity contribution in [2.45, 2.75) is 5.16 Å². The molecule has 0 saturated carbocycles. The van der Waals surface area contributed by atoms with Crippen LogP contribution in [0.2, 0.25) is 0 Å². The first kappa shape index (κ1) is 9.34. The summed E-state index contributed by atoms with van der Waals surface area (Å²) in [5, 5.41) is 8.76. The van der Waals surface area contributed by atoms with Gasteiger partial charge in [0.15, 0.2) is 5.82 Å². The zero-order chi connectivity index (χ0) is 11.0. The van der Waals surface area contributed by atoms with Crippen LogP contribution in [0.3, 0.4) is 0 Å². The average molecular weight is 233 g/mol. The second-order valence-corrected chi connectivity index (χ2v) is 4.14. The van der Waals surface area contributed by atoms with Crippen molar-refractivity contribution in [1.82, 2.24) is 19.9 Å². The summed E-state index contributed by atoms with van der Waals surface area (Å²) < 4.78 is 1.60. The van der Waals surface area contributed by atoms with E-state index >= 15 is 0 Å². The van der Waals surface area contributed by atoms with E-state index in [2.05, 4.69) is 20.6 Å². The van der Waals surface area contributed by atoms with Gasteiger partial charge < -0.3 is 0 Å². The number of nitrogens with one attached hydrogen (secondary N) is 1. The third kappa shape index (κ3) is 1.45. The first-order chi connectivity index (χ1) is 7.84. The van der Waals surface area contributed by atoms with Crippen LogP contribution in [-0.4, -0.2) is 31.5 Å². The maximum Gasteiger partial charge on any atom is 0.249 e. The summed E-state index contributed by atoms with van der Waals surface area (Å²) in [6, 6.07) is 3.64. The fourth-order valence-electron chi connectivity index (χ4n) is 1.44. The van der Waals surface area contributed by atoms with E-state index in [1.165, 1.54) is 11.8 Å². The molecular formula is C9H7N5OS. The van der Waals surface area contributed by atoms with Crippen molar-refractivity contribution in [3.63, 3.8) is 0 Å². The van der Waals surface area contributed by atoms with Gasteiger partial charge in [0, 0.05) is 18.0 Å². The van der Waals surface area contributed by atoms with Crippen LogP contribution in [0.5, 0.6) is 0 Å². The number of hydrogen-bond acceptors (Lipinski definition) is 5. The summed E-state index contributed by atoms with van der Waals surface area (Å²) in [5.41, 5.74) is 3.59. The van der Waals surface area contributed by atoms with Gasteiger partial charge in [0.2, 0.25) is 11.1 Å². The largest absolute Gasteiger partial charge is 0.272 e. The molecule has 0 unspecified atom stereocenters. The fraction of sp³-hybridized carbons (Fsp3) is 0.111. The highest BCUT2D eigenvalue weighted by Gasteiger charge is 2.21. The second-order valence-electron chi connectivity index (χ2n) is 3.20. The quantitative estimate of drug-likeness (QED) is 0.777. The van der Waals surface area contributed by atoms with Gasteiger partial charge in [0.05, 0.1) is 5.75 Å². The lowest BCUT2D eigenvalue weighted by atomic mass is 10.2. The molecule has 0 radical (unpaired) electrons. The third-order valence-electron chi connectivity index (χ3n) is 2.14. The number of carbonyl (C=O) groups excluding carboxylic acids is 1. The van der Waals surface area contributed by atoms with Crippen LogP contribution >= 0.6 is 11.8 Å². The van der Waals surface area contributed by atoms with E-state index in [0.717, 1.165) is 5.56 Å². The van der Waals surface area contributed by atoms with Crippen molar-refractivity contribution in [2.24, 2.45) is 0 Å². The Labute approximate surface area is 95.1 Å². The molecule has 1 aliphatic rings. The standard InChI is InChI=1S/C9H7N5OS/c15-7-5-16-9-12-11-8(14(9)13-7)6-1-3-10-4-2-6/h1-4H,5H2,(H,13,15). The number of thioether (sulfide) groups is 1. The molecule has 3 heterocycles. The smallest absolute Gasteiger partial charge is 0.249 e. The number of hydrogen-bond donors (Lipinski definition) is 1. The highest BCUT2D eigenvalue weighted by molar-refractivity contribution is 7.99. The van der Waals surface area contributed by atoms with Gasteiger partial charge in [0.25, 0.3) is 0 Å². The highest BCUT2D eigenvalue weighted by Crippen LogP contribution is 2.24. The molecule has 0 aliphatic carbocycles. The summed E-state index contributed by atoms with van der Waals surface area (Å²) >= 11 is 1.37. The van der Waals surface area contributed by atoms with E-state index in [-0.39, 0.29) is 5.91 Å². The molecule has 1 aliphatic heterocycles. The molecule has 2 aromatic heterocycles. The number of amides is 1. The lowest BCUT2D eigenvalue weighted by molar-refractivity contribution is -0.114. The van der Waals surface area contributed by atoms with Gasteiger partial charge in [-0.25, -0.2) is 4.68 Å². The SMILES string of the molecule is O=C1CSc2nnc(-c3ccncc3)n2N1. The van der Waals surface area contributed by atoms with Gasteiger partial charge in [-0.15, -0.1) is 10.2 Å². The van der Waals surface area contributed by atoms with E-state index in [1.54, 1.807) is 17.1 Å².